The van der Waals surface area contributed by atoms with Crippen LogP contribution in [0.2, 0.25) is 0 Å². The second kappa shape index (κ2) is 6.11. The Labute approximate surface area is 111 Å². The molecule has 1 aromatic carbocycles. The molecule has 96 valence electrons. The Balaban J connectivity index is 3.33. The number of nitrogens with one attached hydrogen (secondary N) is 2. The van der Waals surface area contributed by atoms with Crippen LogP contribution in [0.25, 0.3) is 0 Å². The molecule has 0 bridgehead atoms. The van der Waals surface area contributed by atoms with Crippen LogP contribution in [0.1, 0.15) is 26.3 Å². The second-order valence-corrected chi connectivity index (χ2v) is 3.78. The molecule has 0 atom stereocenters. The Bertz CT molecular complexity index is 500. The predicted molar refractivity (Wildman–Crippen MR) is 71.9 cm³/mol. The number of carbonyl (C=O) groups excluding carboxylic acids is 2. The molecular weight excluding hydrogens is 252 g/mol. The molecule has 0 unspecified atom stereocenters. The first-order valence-electron chi connectivity index (χ1n) is 5.21. The zero-order chi connectivity index (χ0) is 13.7. The monoisotopic (exact) mass is 266 g/mol. The van der Waals surface area contributed by atoms with Crippen molar-refractivity contribution in [3.05, 3.63) is 34.9 Å². The molecule has 2 N–H and O–H groups in total. The first-order chi connectivity index (χ1) is 8.54. The van der Waals surface area contributed by atoms with Gasteiger partial charge in [-0.3, -0.25) is 9.59 Å². The standard InChI is InChI=1S/C12H14N2O3S/c1-13-10(15)7-4-5-8(12(18)17-3)9(6-7)11(16)14-2/h4-6H,1-3H3,(H,13,15)(H,14,16). The van der Waals surface area contributed by atoms with Gasteiger partial charge in [0.15, 0.2) is 5.05 Å². The summed E-state index contributed by atoms with van der Waals surface area (Å²) >= 11 is 5.01. The zero-order valence-corrected chi connectivity index (χ0v) is 11.2. The number of rotatable bonds is 3. The zero-order valence-electron chi connectivity index (χ0n) is 10.4. The SMILES string of the molecule is CNC(=O)c1ccc(C(=S)OC)c(C(=O)NC)c1. The molecule has 0 spiro atoms. The van der Waals surface area contributed by atoms with Gasteiger partial charge < -0.3 is 15.4 Å². The van der Waals surface area contributed by atoms with E-state index in [0.29, 0.717) is 16.7 Å². The van der Waals surface area contributed by atoms with Gasteiger partial charge in [0.25, 0.3) is 11.8 Å². The number of benzene rings is 1. The van der Waals surface area contributed by atoms with Gasteiger partial charge in [0.1, 0.15) is 0 Å². The van der Waals surface area contributed by atoms with Crippen LogP contribution in [-0.4, -0.2) is 38.1 Å². The minimum absolute atomic E-state index is 0.206. The predicted octanol–water partition coefficient (Wildman–Crippen LogP) is 0.728. The van der Waals surface area contributed by atoms with Crippen LogP contribution in [0.3, 0.4) is 0 Å². The van der Waals surface area contributed by atoms with Gasteiger partial charge in [0.2, 0.25) is 0 Å². The molecular formula is C12H14N2O3S. The van der Waals surface area contributed by atoms with Crippen LogP contribution in [0.4, 0.5) is 0 Å². The van der Waals surface area contributed by atoms with Crippen molar-refractivity contribution < 1.29 is 14.3 Å². The van der Waals surface area contributed by atoms with Gasteiger partial charge in [-0.05, 0) is 30.4 Å². The highest BCUT2D eigenvalue weighted by atomic mass is 32.1. The fraction of sp³-hybridized carbons (Fsp3) is 0.250. The summed E-state index contributed by atoms with van der Waals surface area (Å²) in [6.45, 7) is 0. The molecule has 0 saturated heterocycles. The highest BCUT2D eigenvalue weighted by Crippen LogP contribution is 2.14. The van der Waals surface area contributed by atoms with Crippen molar-refractivity contribution in [3.63, 3.8) is 0 Å². The maximum Gasteiger partial charge on any atom is 0.251 e. The number of carbonyl (C=O) groups is 2. The van der Waals surface area contributed by atoms with E-state index in [-0.39, 0.29) is 16.9 Å². The fourth-order valence-electron chi connectivity index (χ4n) is 1.44. The molecule has 6 heteroatoms. The van der Waals surface area contributed by atoms with Crippen LogP contribution in [0.15, 0.2) is 18.2 Å². The van der Waals surface area contributed by atoms with E-state index in [4.69, 9.17) is 17.0 Å². The van der Waals surface area contributed by atoms with E-state index in [9.17, 15) is 9.59 Å². The molecule has 0 radical (unpaired) electrons. The highest BCUT2D eigenvalue weighted by molar-refractivity contribution is 7.80. The molecule has 0 aliphatic heterocycles. The second-order valence-electron chi connectivity index (χ2n) is 3.41. The van der Waals surface area contributed by atoms with Crippen LogP contribution >= 0.6 is 12.2 Å². The Hall–Kier alpha value is -1.95. The van der Waals surface area contributed by atoms with Gasteiger partial charge in [0.05, 0.1) is 12.7 Å². The Morgan fingerprint density at radius 3 is 2.22 bits per heavy atom. The van der Waals surface area contributed by atoms with Crippen molar-refractivity contribution in [3.8, 4) is 0 Å². The molecule has 0 aliphatic rings. The third kappa shape index (κ3) is 2.84. The molecule has 0 saturated carbocycles. The number of hydrogen-bond acceptors (Lipinski definition) is 4. The molecule has 1 aromatic rings. The van der Waals surface area contributed by atoms with E-state index >= 15 is 0 Å². The lowest BCUT2D eigenvalue weighted by molar-refractivity contribution is 0.0962. The lowest BCUT2D eigenvalue weighted by Gasteiger charge is -2.10. The molecule has 5 nitrogen and oxygen atoms in total. The van der Waals surface area contributed by atoms with E-state index in [1.54, 1.807) is 12.1 Å². The van der Waals surface area contributed by atoms with Gasteiger partial charge in [-0.1, -0.05) is 0 Å². The number of amides is 2. The minimum Gasteiger partial charge on any atom is -0.486 e. The van der Waals surface area contributed by atoms with Crippen LogP contribution < -0.4 is 10.6 Å². The van der Waals surface area contributed by atoms with E-state index in [2.05, 4.69) is 10.6 Å². The van der Waals surface area contributed by atoms with Crippen molar-refractivity contribution in [2.45, 2.75) is 0 Å². The first kappa shape index (κ1) is 14.1. The summed E-state index contributed by atoms with van der Waals surface area (Å²) < 4.78 is 4.95. The molecule has 0 aromatic heterocycles. The lowest BCUT2D eigenvalue weighted by Crippen LogP contribution is -2.23. The lowest BCUT2D eigenvalue weighted by atomic mass is 10.0. The smallest absolute Gasteiger partial charge is 0.251 e. The number of hydrogen-bond donors (Lipinski definition) is 2. The first-order valence-corrected chi connectivity index (χ1v) is 5.62. The molecule has 18 heavy (non-hydrogen) atoms. The van der Waals surface area contributed by atoms with Gasteiger partial charge in [-0.25, -0.2) is 0 Å². The third-order valence-electron chi connectivity index (χ3n) is 2.39. The maximum absolute atomic E-state index is 11.8. The van der Waals surface area contributed by atoms with Gasteiger partial charge in [-0.2, -0.15) is 0 Å². The Morgan fingerprint density at radius 1 is 1.11 bits per heavy atom. The summed E-state index contributed by atoms with van der Waals surface area (Å²) in [5.74, 6) is -0.592. The fourth-order valence-corrected chi connectivity index (χ4v) is 1.62. The number of ether oxygens (including phenoxy) is 1. The summed E-state index contributed by atoms with van der Waals surface area (Å²) in [5, 5.41) is 5.20. The van der Waals surface area contributed by atoms with E-state index < -0.39 is 0 Å². The highest BCUT2D eigenvalue weighted by Gasteiger charge is 2.16. The summed E-state index contributed by atoms with van der Waals surface area (Å²) in [7, 11) is 4.47. The van der Waals surface area contributed by atoms with Gasteiger partial charge >= 0.3 is 0 Å². The molecule has 0 heterocycles. The molecule has 0 aliphatic carbocycles. The van der Waals surface area contributed by atoms with Crippen LogP contribution in [0, 0.1) is 0 Å². The van der Waals surface area contributed by atoms with Crippen molar-refractivity contribution in [2.24, 2.45) is 0 Å². The van der Waals surface area contributed by atoms with Crippen LogP contribution in [-0.2, 0) is 4.74 Å². The topological polar surface area (TPSA) is 67.4 Å². The Kier molecular flexibility index (Phi) is 4.79. The van der Waals surface area contributed by atoms with Crippen molar-refractivity contribution in [2.75, 3.05) is 21.2 Å². The van der Waals surface area contributed by atoms with Crippen LogP contribution in [0.5, 0.6) is 0 Å². The summed E-state index contributed by atoms with van der Waals surface area (Å²) in [5.41, 5.74) is 1.18. The van der Waals surface area contributed by atoms with E-state index in [0.717, 1.165) is 0 Å². The molecule has 2 amide bonds. The third-order valence-corrected chi connectivity index (χ3v) is 2.77. The average molecular weight is 266 g/mol. The van der Waals surface area contributed by atoms with Gasteiger partial charge in [0, 0.05) is 25.2 Å². The van der Waals surface area contributed by atoms with Crippen molar-refractivity contribution in [1.82, 2.24) is 10.6 Å². The van der Waals surface area contributed by atoms with E-state index in [1.807, 2.05) is 0 Å². The maximum atomic E-state index is 11.8. The quantitative estimate of drug-likeness (QED) is 0.791. The average Bonchev–Trinajstić information content (AvgIpc) is 2.43. The minimum atomic E-state index is -0.324. The molecule has 0 fully saturated rings. The largest absolute Gasteiger partial charge is 0.486 e. The summed E-state index contributed by atoms with van der Waals surface area (Å²) in [6.07, 6.45) is 0. The summed E-state index contributed by atoms with van der Waals surface area (Å²) in [4.78, 5) is 23.3. The molecule has 1 rings (SSSR count). The van der Waals surface area contributed by atoms with Gasteiger partial charge in [-0.15, -0.1) is 0 Å². The van der Waals surface area contributed by atoms with Crippen molar-refractivity contribution in [1.29, 1.82) is 0 Å². The normalized spacial score (nSPS) is 9.50. The number of thiocarbonyl (C=S) groups is 1. The van der Waals surface area contributed by atoms with E-state index in [1.165, 1.54) is 27.3 Å². The van der Waals surface area contributed by atoms with Crippen molar-refractivity contribution >= 4 is 29.1 Å². The number of methoxy groups -OCH3 is 1. The summed E-state index contributed by atoms with van der Waals surface area (Å²) in [6, 6.07) is 4.67. The Morgan fingerprint density at radius 2 is 1.72 bits per heavy atom.